The summed E-state index contributed by atoms with van der Waals surface area (Å²) in [6.07, 6.45) is 1.68. The molecule has 1 amide bonds. The Morgan fingerprint density at radius 1 is 1.29 bits per heavy atom. The molecule has 122 valence electrons. The maximum absolute atomic E-state index is 12.3. The minimum absolute atomic E-state index is 0.311. The SMILES string of the molecule is COc1ccc(NC(=O)c2csc(Nc3ccccn3)n2)cc1Cl. The molecule has 2 heterocycles. The lowest BCUT2D eigenvalue weighted by molar-refractivity contribution is 0.102. The van der Waals surface area contributed by atoms with Gasteiger partial charge in [-0.25, -0.2) is 9.97 Å². The number of aromatic nitrogens is 2. The Bertz CT molecular complexity index is 854. The van der Waals surface area contributed by atoms with Crippen molar-refractivity contribution in [3.63, 3.8) is 0 Å². The summed E-state index contributed by atoms with van der Waals surface area (Å²) in [5, 5.41) is 8.48. The Morgan fingerprint density at radius 3 is 2.88 bits per heavy atom. The second kappa shape index (κ2) is 7.29. The first-order valence-electron chi connectivity index (χ1n) is 6.94. The summed E-state index contributed by atoms with van der Waals surface area (Å²) in [5.41, 5.74) is 0.878. The molecule has 0 bridgehead atoms. The number of thiazole rings is 1. The second-order valence-electron chi connectivity index (χ2n) is 4.68. The highest BCUT2D eigenvalue weighted by atomic mass is 35.5. The van der Waals surface area contributed by atoms with Crippen molar-refractivity contribution in [3.8, 4) is 5.75 Å². The van der Waals surface area contributed by atoms with Gasteiger partial charge in [0.25, 0.3) is 5.91 Å². The minimum Gasteiger partial charge on any atom is -0.495 e. The normalized spacial score (nSPS) is 10.2. The number of carbonyl (C=O) groups excluding carboxylic acids is 1. The van der Waals surface area contributed by atoms with Crippen molar-refractivity contribution in [2.45, 2.75) is 0 Å². The molecule has 1 aromatic carbocycles. The lowest BCUT2D eigenvalue weighted by Crippen LogP contribution is -2.12. The van der Waals surface area contributed by atoms with Gasteiger partial charge in [0.2, 0.25) is 0 Å². The highest BCUT2D eigenvalue weighted by molar-refractivity contribution is 7.14. The summed E-state index contributed by atoms with van der Waals surface area (Å²) in [4.78, 5) is 20.7. The predicted octanol–water partition coefficient (Wildman–Crippen LogP) is 4.20. The van der Waals surface area contributed by atoms with Crippen molar-refractivity contribution in [1.82, 2.24) is 9.97 Å². The molecule has 0 aliphatic heterocycles. The molecular weight excluding hydrogens is 348 g/mol. The smallest absolute Gasteiger partial charge is 0.275 e. The van der Waals surface area contributed by atoms with E-state index in [0.717, 1.165) is 0 Å². The number of carbonyl (C=O) groups is 1. The van der Waals surface area contributed by atoms with Crippen molar-refractivity contribution >= 4 is 45.5 Å². The number of ether oxygens (including phenoxy) is 1. The zero-order valence-electron chi connectivity index (χ0n) is 12.6. The van der Waals surface area contributed by atoms with E-state index in [1.54, 1.807) is 29.8 Å². The number of benzene rings is 1. The van der Waals surface area contributed by atoms with Crippen molar-refractivity contribution < 1.29 is 9.53 Å². The molecule has 0 aliphatic carbocycles. The first-order chi connectivity index (χ1) is 11.7. The first-order valence-corrected chi connectivity index (χ1v) is 8.20. The number of hydrogen-bond donors (Lipinski definition) is 2. The van der Waals surface area contributed by atoms with Crippen molar-refractivity contribution in [1.29, 1.82) is 0 Å². The Balaban J connectivity index is 1.68. The molecule has 0 radical (unpaired) electrons. The van der Waals surface area contributed by atoms with Gasteiger partial charge in [0.15, 0.2) is 5.13 Å². The number of methoxy groups -OCH3 is 1. The van der Waals surface area contributed by atoms with E-state index in [1.165, 1.54) is 18.4 Å². The number of anilines is 3. The van der Waals surface area contributed by atoms with Crippen molar-refractivity contribution in [3.05, 3.63) is 58.7 Å². The highest BCUT2D eigenvalue weighted by Gasteiger charge is 2.12. The Hall–Kier alpha value is -2.64. The summed E-state index contributed by atoms with van der Waals surface area (Å²) in [5.74, 6) is 0.896. The highest BCUT2D eigenvalue weighted by Crippen LogP contribution is 2.27. The van der Waals surface area contributed by atoms with E-state index in [9.17, 15) is 4.79 Å². The second-order valence-corrected chi connectivity index (χ2v) is 5.95. The Morgan fingerprint density at radius 2 is 2.17 bits per heavy atom. The van der Waals surface area contributed by atoms with E-state index in [-0.39, 0.29) is 5.91 Å². The minimum atomic E-state index is -0.318. The molecule has 2 N–H and O–H groups in total. The molecule has 0 aliphatic rings. The first kappa shape index (κ1) is 16.2. The van der Waals surface area contributed by atoms with Crippen molar-refractivity contribution in [2.24, 2.45) is 0 Å². The quantitative estimate of drug-likeness (QED) is 0.713. The molecule has 3 aromatic rings. The third-order valence-electron chi connectivity index (χ3n) is 3.05. The fourth-order valence-electron chi connectivity index (χ4n) is 1.92. The number of nitrogens with zero attached hydrogens (tertiary/aromatic N) is 2. The molecule has 0 saturated heterocycles. The number of hydrogen-bond acceptors (Lipinski definition) is 6. The van der Waals surface area contributed by atoms with Gasteiger partial charge in [-0.1, -0.05) is 17.7 Å². The van der Waals surface area contributed by atoms with Gasteiger partial charge in [0, 0.05) is 17.3 Å². The van der Waals surface area contributed by atoms with Crippen LogP contribution in [0.5, 0.6) is 5.75 Å². The van der Waals surface area contributed by atoms with Crippen LogP contribution in [-0.4, -0.2) is 23.0 Å². The van der Waals surface area contributed by atoms with Crippen LogP contribution in [0.4, 0.5) is 16.6 Å². The van der Waals surface area contributed by atoms with E-state index < -0.39 is 0 Å². The van der Waals surface area contributed by atoms with Gasteiger partial charge < -0.3 is 15.4 Å². The van der Waals surface area contributed by atoms with Gasteiger partial charge in [-0.15, -0.1) is 11.3 Å². The summed E-state index contributed by atoms with van der Waals surface area (Å²) in [6, 6.07) is 10.5. The molecule has 0 fully saturated rings. The van der Waals surface area contributed by atoms with Crippen LogP contribution in [0.2, 0.25) is 5.02 Å². The van der Waals surface area contributed by atoms with Gasteiger partial charge >= 0.3 is 0 Å². The average Bonchev–Trinajstić information content (AvgIpc) is 3.04. The fraction of sp³-hybridized carbons (Fsp3) is 0.0625. The summed E-state index contributed by atoms with van der Waals surface area (Å²) in [6.45, 7) is 0. The van der Waals surface area contributed by atoms with Crippen LogP contribution in [0.15, 0.2) is 48.0 Å². The third-order valence-corrected chi connectivity index (χ3v) is 4.10. The molecule has 0 atom stereocenters. The van der Waals surface area contributed by atoms with Crippen LogP contribution in [0.25, 0.3) is 0 Å². The topological polar surface area (TPSA) is 76.1 Å². The lowest BCUT2D eigenvalue weighted by Gasteiger charge is -2.07. The number of pyridine rings is 1. The number of halogens is 1. The number of amides is 1. The maximum Gasteiger partial charge on any atom is 0.275 e. The molecule has 2 aromatic heterocycles. The molecule has 0 saturated carbocycles. The average molecular weight is 361 g/mol. The van der Waals surface area contributed by atoms with Crippen LogP contribution < -0.4 is 15.4 Å². The monoisotopic (exact) mass is 360 g/mol. The standard InChI is InChI=1S/C16H13ClN4O2S/c1-23-13-6-5-10(8-11(13)17)19-15(22)12-9-24-16(20-12)21-14-4-2-3-7-18-14/h2-9H,1H3,(H,19,22)(H,18,20,21). The summed E-state index contributed by atoms with van der Waals surface area (Å²) < 4.78 is 5.08. The van der Waals surface area contributed by atoms with Crippen LogP contribution in [0.3, 0.4) is 0 Å². The van der Waals surface area contributed by atoms with Crippen LogP contribution >= 0.6 is 22.9 Å². The van der Waals surface area contributed by atoms with Gasteiger partial charge in [0.05, 0.1) is 12.1 Å². The maximum atomic E-state index is 12.3. The van der Waals surface area contributed by atoms with E-state index >= 15 is 0 Å². The molecule has 3 rings (SSSR count). The van der Waals surface area contributed by atoms with Gasteiger partial charge in [-0.2, -0.15) is 0 Å². The molecule has 24 heavy (non-hydrogen) atoms. The van der Waals surface area contributed by atoms with E-state index in [2.05, 4.69) is 20.6 Å². The molecule has 8 heteroatoms. The van der Waals surface area contributed by atoms with Gasteiger partial charge in [-0.3, -0.25) is 4.79 Å². The summed E-state index contributed by atoms with van der Waals surface area (Å²) >= 11 is 7.37. The largest absolute Gasteiger partial charge is 0.495 e. The molecule has 0 unspecified atom stereocenters. The zero-order chi connectivity index (χ0) is 16.9. The Kier molecular flexibility index (Phi) is 4.93. The number of nitrogens with one attached hydrogen (secondary N) is 2. The molecule has 0 spiro atoms. The third kappa shape index (κ3) is 3.81. The van der Waals surface area contributed by atoms with Gasteiger partial charge in [0.1, 0.15) is 17.3 Å². The molecular formula is C16H13ClN4O2S. The van der Waals surface area contributed by atoms with E-state index in [1.807, 2.05) is 18.2 Å². The molecule has 6 nitrogen and oxygen atoms in total. The van der Waals surface area contributed by atoms with Gasteiger partial charge in [-0.05, 0) is 30.3 Å². The fourth-order valence-corrected chi connectivity index (χ4v) is 2.88. The zero-order valence-corrected chi connectivity index (χ0v) is 14.2. The van der Waals surface area contributed by atoms with E-state index in [4.69, 9.17) is 16.3 Å². The van der Waals surface area contributed by atoms with E-state index in [0.29, 0.717) is 33.1 Å². The lowest BCUT2D eigenvalue weighted by atomic mass is 10.3. The van der Waals surface area contributed by atoms with Crippen molar-refractivity contribution in [2.75, 3.05) is 17.7 Å². The number of rotatable bonds is 5. The summed E-state index contributed by atoms with van der Waals surface area (Å²) in [7, 11) is 1.53. The van der Waals surface area contributed by atoms with Crippen LogP contribution in [0, 0.1) is 0 Å². The van der Waals surface area contributed by atoms with Crippen LogP contribution in [-0.2, 0) is 0 Å². The Labute approximate surface area is 147 Å². The van der Waals surface area contributed by atoms with Crippen LogP contribution in [0.1, 0.15) is 10.5 Å². The predicted molar refractivity (Wildman–Crippen MR) is 95.6 cm³/mol.